The van der Waals surface area contributed by atoms with Gasteiger partial charge in [0, 0.05) is 32.2 Å². The molecule has 0 aromatic rings. The van der Waals surface area contributed by atoms with Crippen molar-refractivity contribution in [3.63, 3.8) is 0 Å². The average Bonchev–Trinajstić information content (AvgIpc) is 2.43. The summed E-state index contributed by atoms with van der Waals surface area (Å²) in [4.78, 5) is 2.07. The second-order valence-corrected chi connectivity index (χ2v) is 7.53. The highest BCUT2D eigenvalue weighted by molar-refractivity contribution is 7.86. The van der Waals surface area contributed by atoms with Gasteiger partial charge < -0.3 is 10.6 Å². The Bertz CT molecular complexity index is 373. The van der Waals surface area contributed by atoms with Crippen LogP contribution in [0.25, 0.3) is 0 Å². The summed E-state index contributed by atoms with van der Waals surface area (Å²) in [5, 5.41) is 0. The molecule has 7 heteroatoms. The van der Waals surface area contributed by atoms with Crippen LogP contribution in [0.2, 0.25) is 0 Å². The van der Waals surface area contributed by atoms with E-state index in [2.05, 4.69) is 4.90 Å². The van der Waals surface area contributed by atoms with Crippen LogP contribution < -0.4 is 5.73 Å². The molecule has 1 rings (SSSR count). The summed E-state index contributed by atoms with van der Waals surface area (Å²) in [7, 11) is 0.634. The molecule has 20 heavy (non-hydrogen) atoms. The minimum Gasteiger partial charge on any atom is -0.329 e. The Morgan fingerprint density at radius 2 is 1.95 bits per heavy atom. The molecule has 0 radical (unpaired) electrons. The first-order chi connectivity index (χ1) is 9.43. The van der Waals surface area contributed by atoms with Gasteiger partial charge in [0.1, 0.15) is 0 Å². The van der Waals surface area contributed by atoms with Crippen molar-refractivity contribution in [1.82, 2.24) is 13.5 Å². The van der Waals surface area contributed by atoms with Crippen LogP contribution >= 0.6 is 0 Å². The van der Waals surface area contributed by atoms with E-state index in [9.17, 15) is 8.42 Å². The van der Waals surface area contributed by atoms with E-state index in [1.165, 1.54) is 0 Å². The van der Waals surface area contributed by atoms with Crippen LogP contribution in [-0.2, 0) is 10.2 Å². The number of rotatable bonds is 8. The Hall–Kier alpha value is -0.210. The van der Waals surface area contributed by atoms with Crippen molar-refractivity contribution < 1.29 is 8.42 Å². The molecule has 0 aliphatic carbocycles. The van der Waals surface area contributed by atoms with Gasteiger partial charge in [-0.3, -0.25) is 0 Å². The van der Waals surface area contributed by atoms with Crippen LogP contribution in [-0.4, -0.2) is 74.8 Å². The fraction of sp³-hybridized carbons (Fsp3) is 1.00. The highest BCUT2D eigenvalue weighted by Gasteiger charge is 2.34. The maximum Gasteiger partial charge on any atom is 0.282 e. The van der Waals surface area contributed by atoms with E-state index in [0.717, 1.165) is 32.2 Å². The van der Waals surface area contributed by atoms with E-state index < -0.39 is 10.2 Å². The van der Waals surface area contributed by atoms with Crippen molar-refractivity contribution in [2.75, 3.05) is 46.8 Å². The molecule has 1 unspecified atom stereocenters. The molecule has 1 fully saturated rings. The second kappa shape index (κ2) is 8.29. The molecule has 2 N–H and O–H groups in total. The lowest BCUT2D eigenvalue weighted by Crippen LogP contribution is -2.53. The monoisotopic (exact) mass is 306 g/mol. The molecular weight excluding hydrogens is 276 g/mol. The Balaban J connectivity index is 2.71. The molecule has 6 nitrogen and oxygen atoms in total. The summed E-state index contributed by atoms with van der Waals surface area (Å²) < 4.78 is 28.7. The van der Waals surface area contributed by atoms with Gasteiger partial charge in [-0.05, 0) is 39.9 Å². The Morgan fingerprint density at radius 1 is 1.25 bits per heavy atom. The molecule has 1 aliphatic rings. The molecule has 1 heterocycles. The zero-order valence-corrected chi connectivity index (χ0v) is 13.9. The maximum atomic E-state index is 12.7. The van der Waals surface area contributed by atoms with Gasteiger partial charge in [0.15, 0.2) is 0 Å². The van der Waals surface area contributed by atoms with E-state index in [1.54, 1.807) is 8.61 Å². The zero-order valence-electron chi connectivity index (χ0n) is 13.1. The predicted molar refractivity (Wildman–Crippen MR) is 82.7 cm³/mol. The van der Waals surface area contributed by atoms with Crippen LogP contribution in [0, 0.1) is 0 Å². The van der Waals surface area contributed by atoms with Crippen molar-refractivity contribution >= 4 is 10.2 Å². The quantitative estimate of drug-likeness (QED) is 0.701. The lowest BCUT2D eigenvalue weighted by Gasteiger charge is -2.37. The molecule has 0 bridgehead atoms. The summed E-state index contributed by atoms with van der Waals surface area (Å²) in [5.74, 6) is 0. The lowest BCUT2D eigenvalue weighted by atomic mass is 10.1. The van der Waals surface area contributed by atoms with Gasteiger partial charge in [-0.25, -0.2) is 0 Å². The van der Waals surface area contributed by atoms with E-state index in [-0.39, 0.29) is 6.04 Å². The van der Waals surface area contributed by atoms with Gasteiger partial charge in [-0.1, -0.05) is 13.3 Å². The van der Waals surface area contributed by atoms with Crippen molar-refractivity contribution in [2.24, 2.45) is 5.73 Å². The highest BCUT2D eigenvalue weighted by atomic mass is 32.2. The third-order valence-corrected chi connectivity index (χ3v) is 6.00. The van der Waals surface area contributed by atoms with E-state index >= 15 is 0 Å². The van der Waals surface area contributed by atoms with Crippen LogP contribution in [0.3, 0.4) is 0 Å². The zero-order chi connectivity index (χ0) is 15.2. The van der Waals surface area contributed by atoms with Gasteiger partial charge in [0.2, 0.25) is 0 Å². The van der Waals surface area contributed by atoms with Gasteiger partial charge >= 0.3 is 0 Å². The summed E-state index contributed by atoms with van der Waals surface area (Å²) >= 11 is 0. The fourth-order valence-corrected chi connectivity index (χ4v) is 4.57. The predicted octanol–water partition coefficient (Wildman–Crippen LogP) is 0.318. The van der Waals surface area contributed by atoms with Crippen LogP contribution in [0.1, 0.15) is 32.6 Å². The third kappa shape index (κ3) is 4.66. The number of piperidine rings is 1. The summed E-state index contributed by atoms with van der Waals surface area (Å²) in [6.07, 6.45) is 3.73. The second-order valence-electron chi connectivity index (χ2n) is 5.65. The van der Waals surface area contributed by atoms with Gasteiger partial charge in [-0.2, -0.15) is 17.0 Å². The van der Waals surface area contributed by atoms with Crippen molar-refractivity contribution in [2.45, 2.75) is 38.6 Å². The Labute approximate surface area is 124 Å². The molecule has 1 saturated heterocycles. The first kappa shape index (κ1) is 17.8. The number of nitrogens with two attached hydrogens (primary N) is 1. The summed E-state index contributed by atoms with van der Waals surface area (Å²) in [6, 6.07) is -0.0309. The molecule has 0 aromatic carbocycles. The van der Waals surface area contributed by atoms with Gasteiger partial charge in [0.05, 0.1) is 0 Å². The fourth-order valence-electron chi connectivity index (χ4n) is 2.66. The molecule has 0 amide bonds. The molecule has 1 atom stereocenters. The van der Waals surface area contributed by atoms with Gasteiger partial charge in [0.25, 0.3) is 10.2 Å². The summed E-state index contributed by atoms with van der Waals surface area (Å²) in [5.41, 5.74) is 5.74. The SMILES string of the molecule is CCN(CCCN(C)C)S(=O)(=O)N1CCCCC1CN. The number of nitrogens with zero attached hydrogens (tertiary/aromatic N) is 3. The number of hydrogen-bond donors (Lipinski definition) is 1. The first-order valence-electron chi connectivity index (χ1n) is 7.55. The molecule has 0 saturated carbocycles. The Morgan fingerprint density at radius 3 is 2.50 bits per heavy atom. The molecule has 120 valence electrons. The molecular formula is C13H30N4O2S. The summed E-state index contributed by atoms with van der Waals surface area (Å²) in [6.45, 7) is 4.90. The lowest BCUT2D eigenvalue weighted by molar-refractivity contribution is 0.234. The minimum absolute atomic E-state index is 0.0309. The average molecular weight is 306 g/mol. The third-order valence-electron chi connectivity index (χ3n) is 3.83. The minimum atomic E-state index is -3.37. The van der Waals surface area contributed by atoms with E-state index in [1.807, 2.05) is 21.0 Å². The standard InChI is InChI=1S/C13H30N4O2S/c1-4-16(10-7-9-15(2)3)20(18,19)17-11-6-5-8-13(17)12-14/h13H,4-12,14H2,1-3H3. The van der Waals surface area contributed by atoms with Crippen LogP contribution in [0.5, 0.6) is 0 Å². The molecule has 0 aromatic heterocycles. The maximum absolute atomic E-state index is 12.7. The van der Waals surface area contributed by atoms with E-state index in [0.29, 0.717) is 26.2 Å². The molecule has 0 spiro atoms. The number of hydrogen-bond acceptors (Lipinski definition) is 4. The highest BCUT2D eigenvalue weighted by Crippen LogP contribution is 2.22. The van der Waals surface area contributed by atoms with Crippen LogP contribution in [0.15, 0.2) is 0 Å². The Kier molecular flexibility index (Phi) is 7.39. The normalized spacial score (nSPS) is 21.8. The topological polar surface area (TPSA) is 69.9 Å². The van der Waals surface area contributed by atoms with Crippen molar-refractivity contribution in [3.05, 3.63) is 0 Å². The van der Waals surface area contributed by atoms with Gasteiger partial charge in [-0.15, -0.1) is 0 Å². The largest absolute Gasteiger partial charge is 0.329 e. The first-order valence-corrected chi connectivity index (χ1v) is 8.94. The molecule has 1 aliphatic heterocycles. The van der Waals surface area contributed by atoms with Crippen molar-refractivity contribution in [3.8, 4) is 0 Å². The van der Waals surface area contributed by atoms with E-state index in [4.69, 9.17) is 5.73 Å². The van der Waals surface area contributed by atoms with Crippen molar-refractivity contribution in [1.29, 1.82) is 0 Å². The smallest absolute Gasteiger partial charge is 0.282 e. The van der Waals surface area contributed by atoms with Crippen LogP contribution in [0.4, 0.5) is 0 Å².